The minimum Gasteiger partial charge on any atom is -0.407 e. The lowest BCUT2D eigenvalue weighted by Gasteiger charge is -2.43. The Hall–Kier alpha value is -2.49. The van der Waals surface area contributed by atoms with Crippen molar-refractivity contribution in [3.05, 3.63) is 103 Å². The summed E-state index contributed by atoms with van der Waals surface area (Å²) in [6.45, 7) is 11.0. The van der Waals surface area contributed by atoms with E-state index in [1.807, 2.05) is 42.5 Å². The highest BCUT2D eigenvalue weighted by Gasteiger charge is 2.50. The zero-order chi connectivity index (χ0) is 21.6. The SMILES string of the molecule is [CH2]C(=O)C(CCO[Si](c1ccccc1)(c1ccccc1)C(C)(C)C)c1ccccc1. The molecule has 30 heavy (non-hydrogen) atoms. The van der Waals surface area contributed by atoms with Crippen molar-refractivity contribution in [3.8, 4) is 0 Å². The van der Waals surface area contributed by atoms with Gasteiger partial charge in [0.2, 0.25) is 0 Å². The van der Waals surface area contributed by atoms with E-state index in [4.69, 9.17) is 4.43 Å². The second-order valence-corrected chi connectivity index (χ2v) is 13.0. The molecule has 3 aromatic carbocycles. The molecule has 0 spiro atoms. The van der Waals surface area contributed by atoms with Gasteiger partial charge in [0.25, 0.3) is 8.32 Å². The smallest absolute Gasteiger partial charge is 0.261 e. The molecule has 0 saturated heterocycles. The summed E-state index contributed by atoms with van der Waals surface area (Å²) < 4.78 is 6.93. The molecular formula is C27H31O2Si. The van der Waals surface area contributed by atoms with E-state index in [0.717, 1.165) is 5.56 Å². The molecule has 0 saturated carbocycles. The topological polar surface area (TPSA) is 26.3 Å². The number of ketones is 1. The van der Waals surface area contributed by atoms with Crippen LogP contribution in [0.15, 0.2) is 91.0 Å². The highest BCUT2D eigenvalue weighted by Crippen LogP contribution is 2.37. The predicted octanol–water partition coefficient (Wildman–Crippen LogP) is 5.14. The molecule has 0 aliphatic rings. The van der Waals surface area contributed by atoms with E-state index in [-0.39, 0.29) is 16.7 Å². The Bertz CT molecular complexity index is 891. The molecule has 0 aromatic heterocycles. The standard InChI is InChI=1S/C27H31O2Si/c1-22(28)26(23-14-8-5-9-15-23)20-21-29-30(27(2,3)4,24-16-10-6-11-17-24)25-18-12-7-13-19-25/h5-19,26H,1,20-21H2,2-4H3. The van der Waals surface area contributed by atoms with Crippen molar-refractivity contribution < 1.29 is 9.22 Å². The van der Waals surface area contributed by atoms with Crippen molar-refractivity contribution in [1.29, 1.82) is 0 Å². The van der Waals surface area contributed by atoms with Crippen LogP contribution < -0.4 is 10.4 Å². The Labute approximate surface area is 182 Å². The van der Waals surface area contributed by atoms with Gasteiger partial charge in [-0.25, -0.2) is 0 Å². The summed E-state index contributed by atoms with van der Waals surface area (Å²) >= 11 is 0. The molecule has 0 aliphatic carbocycles. The van der Waals surface area contributed by atoms with Crippen LogP contribution >= 0.6 is 0 Å². The van der Waals surface area contributed by atoms with Gasteiger partial charge in [0.15, 0.2) is 0 Å². The number of rotatable bonds is 8. The molecule has 3 aromatic rings. The second-order valence-electron chi connectivity index (χ2n) is 8.73. The van der Waals surface area contributed by atoms with Crippen LogP contribution in [0.5, 0.6) is 0 Å². The van der Waals surface area contributed by atoms with Crippen molar-refractivity contribution in [1.82, 2.24) is 0 Å². The molecule has 0 bridgehead atoms. The van der Waals surface area contributed by atoms with E-state index in [1.54, 1.807) is 0 Å². The van der Waals surface area contributed by atoms with Gasteiger partial charge in [-0.2, -0.15) is 0 Å². The Kier molecular flexibility index (Phi) is 7.06. The summed E-state index contributed by atoms with van der Waals surface area (Å²) in [4.78, 5) is 12.3. The first-order valence-corrected chi connectivity index (χ1v) is 12.4. The fraction of sp³-hybridized carbons (Fsp3) is 0.259. The molecule has 0 N–H and O–H groups in total. The van der Waals surface area contributed by atoms with Crippen molar-refractivity contribution in [3.63, 3.8) is 0 Å². The first kappa shape index (κ1) is 22.2. The Balaban J connectivity index is 1.96. The Morgan fingerprint density at radius 1 is 0.833 bits per heavy atom. The van der Waals surface area contributed by atoms with Crippen molar-refractivity contribution in [2.75, 3.05) is 6.61 Å². The van der Waals surface area contributed by atoms with Gasteiger partial charge >= 0.3 is 0 Å². The normalized spacial score (nSPS) is 13.1. The van der Waals surface area contributed by atoms with Gasteiger partial charge in [-0.1, -0.05) is 112 Å². The molecule has 3 rings (SSSR count). The average Bonchev–Trinajstić information content (AvgIpc) is 2.74. The molecule has 0 fully saturated rings. The van der Waals surface area contributed by atoms with E-state index in [9.17, 15) is 4.79 Å². The fourth-order valence-electron chi connectivity index (χ4n) is 4.29. The van der Waals surface area contributed by atoms with Gasteiger partial charge in [0, 0.05) is 19.4 Å². The second kappa shape index (κ2) is 9.54. The lowest BCUT2D eigenvalue weighted by atomic mass is 9.93. The third kappa shape index (κ3) is 4.63. The maximum Gasteiger partial charge on any atom is 0.261 e. The first-order chi connectivity index (χ1) is 14.4. The lowest BCUT2D eigenvalue weighted by molar-refractivity contribution is -0.116. The van der Waals surface area contributed by atoms with Crippen LogP contribution in [0.1, 0.15) is 38.7 Å². The van der Waals surface area contributed by atoms with Crippen LogP contribution in [0.25, 0.3) is 0 Å². The lowest BCUT2D eigenvalue weighted by Crippen LogP contribution is -2.66. The Morgan fingerprint density at radius 2 is 1.27 bits per heavy atom. The van der Waals surface area contributed by atoms with Crippen LogP contribution in [0, 0.1) is 6.92 Å². The minimum atomic E-state index is -2.58. The number of carbonyl (C=O) groups excluding carboxylic acids is 1. The molecule has 0 heterocycles. The van der Waals surface area contributed by atoms with Gasteiger partial charge in [-0.05, 0) is 27.4 Å². The van der Waals surface area contributed by atoms with E-state index >= 15 is 0 Å². The third-order valence-corrected chi connectivity index (χ3v) is 10.8. The van der Waals surface area contributed by atoms with Gasteiger partial charge < -0.3 is 4.43 Å². The Morgan fingerprint density at radius 3 is 1.67 bits per heavy atom. The van der Waals surface area contributed by atoms with E-state index in [2.05, 4.69) is 76.2 Å². The molecule has 1 atom stereocenters. The minimum absolute atomic E-state index is 0.0627. The molecule has 0 amide bonds. The summed E-state index contributed by atoms with van der Waals surface area (Å²) in [6.07, 6.45) is 0.622. The molecule has 2 nitrogen and oxygen atoms in total. The van der Waals surface area contributed by atoms with Crippen molar-refractivity contribution >= 4 is 24.5 Å². The molecule has 1 radical (unpaired) electrons. The van der Waals surface area contributed by atoms with Crippen molar-refractivity contribution in [2.45, 2.75) is 38.1 Å². The molecular weight excluding hydrogens is 384 g/mol. The largest absolute Gasteiger partial charge is 0.407 e. The quantitative estimate of drug-likeness (QED) is 0.476. The number of hydrogen-bond acceptors (Lipinski definition) is 2. The zero-order valence-corrected chi connectivity index (χ0v) is 19.2. The highest BCUT2D eigenvalue weighted by molar-refractivity contribution is 6.99. The number of benzene rings is 3. The predicted molar refractivity (Wildman–Crippen MR) is 128 cm³/mol. The summed E-state index contributed by atoms with van der Waals surface area (Å²) in [7, 11) is -2.58. The first-order valence-electron chi connectivity index (χ1n) is 10.5. The number of Topliss-reactive ketones (excluding diaryl/α,β-unsaturated/α-hetero) is 1. The van der Waals surface area contributed by atoms with Gasteiger partial charge in [-0.15, -0.1) is 0 Å². The van der Waals surface area contributed by atoms with Gasteiger partial charge in [0.05, 0.1) is 0 Å². The maximum absolute atomic E-state index is 12.3. The van der Waals surface area contributed by atoms with Crippen molar-refractivity contribution in [2.24, 2.45) is 0 Å². The monoisotopic (exact) mass is 415 g/mol. The van der Waals surface area contributed by atoms with Crippen LogP contribution in [-0.4, -0.2) is 20.7 Å². The summed E-state index contributed by atoms with van der Waals surface area (Å²) in [6, 6.07) is 31.1. The number of hydrogen-bond donors (Lipinski definition) is 0. The summed E-state index contributed by atoms with van der Waals surface area (Å²) in [5, 5.41) is 2.42. The van der Waals surface area contributed by atoms with E-state index in [0.29, 0.717) is 13.0 Å². The fourth-order valence-corrected chi connectivity index (χ4v) is 8.87. The highest BCUT2D eigenvalue weighted by atomic mass is 28.4. The zero-order valence-electron chi connectivity index (χ0n) is 18.2. The average molecular weight is 416 g/mol. The van der Waals surface area contributed by atoms with E-state index in [1.165, 1.54) is 10.4 Å². The van der Waals surface area contributed by atoms with Gasteiger partial charge in [-0.3, -0.25) is 4.79 Å². The van der Waals surface area contributed by atoms with Gasteiger partial charge in [0.1, 0.15) is 5.78 Å². The third-order valence-electron chi connectivity index (χ3n) is 5.73. The van der Waals surface area contributed by atoms with E-state index < -0.39 is 8.32 Å². The van der Waals surface area contributed by atoms with Crippen LogP contribution in [0.2, 0.25) is 5.04 Å². The van der Waals surface area contributed by atoms with Crippen LogP contribution in [0.3, 0.4) is 0 Å². The molecule has 155 valence electrons. The number of carbonyl (C=O) groups is 1. The van der Waals surface area contributed by atoms with Crippen LogP contribution in [-0.2, 0) is 9.22 Å². The summed E-state index contributed by atoms with van der Waals surface area (Å²) in [5.74, 6) is -0.309. The molecule has 3 heteroatoms. The molecule has 1 unspecified atom stereocenters. The molecule has 0 aliphatic heterocycles. The van der Waals surface area contributed by atoms with Crippen LogP contribution in [0.4, 0.5) is 0 Å². The maximum atomic E-state index is 12.3. The summed E-state index contributed by atoms with van der Waals surface area (Å²) in [5.41, 5.74) is 1.00.